The minimum atomic E-state index is -0.194. The van der Waals surface area contributed by atoms with Crippen molar-refractivity contribution >= 4 is 27.8 Å². The highest BCUT2D eigenvalue weighted by molar-refractivity contribution is 5.88. The van der Waals surface area contributed by atoms with E-state index in [0.717, 1.165) is 38.8 Å². The third kappa shape index (κ3) is 3.03. The van der Waals surface area contributed by atoms with Gasteiger partial charge in [-0.2, -0.15) is 0 Å². The molecule has 2 heterocycles. The van der Waals surface area contributed by atoms with Gasteiger partial charge in [0.2, 0.25) is 5.91 Å². The van der Waals surface area contributed by atoms with Crippen molar-refractivity contribution in [3.63, 3.8) is 0 Å². The third-order valence-electron chi connectivity index (χ3n) is 4.41. The molecule has 1 amide bonds. The van der Waals surface area contributed by atoms with Crippen LogP contribution in [0.3, 0.4) is 0 Å². The largest absolute Gasteiger partial charge is 0.464 e. The number of fused-ring (bicyclic) bond motifs is 2. The van der Waals surface area contributed by atoms with Crippen LogP contribution in [-0.4, -0.2) is 5.91 Å². The Bertz CT molecular complexity index is 1020. The van der Waals surface area contributed by atoms with Crippen molar-refractivity contribution in [2.24, 2.45) is 0 Å². The minimum absolute atomic E-state index is 0.0590. The summed E-state index contributed by atoms with van der Waals surface area (Å²) >= 11 is 0. The second kappa shape index (κ2) is 6.13. The van der Waals surface area contributed by atoms with Crippen molar-refractivity contribution in [2.75, 3.05) is 0 Å². The summed E-state index contributed by atoms with van der Waals surface area (Å²) in [4.78, 5) is 12.4. The van der Waals surface area contributed by atoms with E-state index in [1.807, 2.05) is 62.4 Å². The van der Waals surface area contributed by atoms with Crippen molar-refractivity contribution in [3.05, 3.63) is 71.7 Å². The molecule has 1 atom stereocenters. The van der Waals surface area contributed by atoms with Crippen LogP contribution in [0.4, 0.5) is 0 Å². The molecule has 4 rings (SSSR count). The number of furan rings is 2. The molecule has 0 radical (unpaired) electrons. The zero-order valence-corrected chi connectivity index (χ0v) is 14.2. The first-order valence-corrected chi connectivity index (χ1v) is 8.35. The van der Waals surface area contributed by atoms with E-state index < -0.39 is 0 Å². The van der Waals surface area contributed by atoms with Crippen LogP contribution < -0.4 is 5.32 Å². The molecule has 0 spiro atoms. The molecule has 0 aliphatic rings. The van der Waals surface area contributed by atoms with Gasteiger partial charge in [0.25, 0.3) is 0 Å². The number of amides is 1. The average molecular weight is 333 g/mol. The van der Waals surface area contributed by atoms with Crippen LogP contribution in [0.25, 0.3) is 21.9 Å². The second-order valence-corrected chi connectivity index (χ2v) is 6.41. The summed E-state index contributed by atoms with van der Waals surface area (Å²) in [5, 5.41) is 5.02. The highest BCUT2D eigenvalue weighted by atomic mass is 16.3. The summed E-state index contributed by atoms with van der Waals surface area (Å²) in [5.74, 6) is 0.693. The number of benzene rings is 2. The Morgan fingerprint density at radius 3 is 2.80 bits per heavy atom. The van der Waals surface area contributed by atoms with Crippen molar-refractivity contribution in [3.8, 4) is 0 Å². The Kier molecular flexibility index (Phi) is 3.80. The normalized spacial score (nSPS) is 12.6. The summed E-state index contributed by atoms with van der Waals surface area (Å²) < 4.78 is 11.4. The van der Waals surface area contributed by atoms with Crippen molar-refractivity contribution < 1.29 is 13.6 Å². The van der Waals surface area contributed by atoms with Gasteiger partial charge in [0.15, 0.2) is 0 Å². The Morgan fingerprint density at radius 1 is 1.12 bits per heavy atom. The van der Waals surface area contributed by atoms with E-state index in [-0.39, 0.29) is 18.4 Å². The first kappa shape index (κ1) is 15.5. The summed E-state index contributed by atoms with van der Waals surface area (Å²) in [6.45, 7) is 3.94. The van der Waals surface area contributed by atoms with Crippen LogP contribution in [0, 0.1) is 6.92 Å². The van der Waals surface area contributed by atoms with Crippen LogP contribution >= 0.6 is 0 Å². The number of aryl methyl sites for hydroxylation is 1. The highest BCUT2D eigenvalue weighted by Gasteiger charge is 2.16. The fraction of sp³-hybridized carbons (Fsp3) is 0.190. The van der Waals surface area contributed by atoms with Gasteiger partial charge in [-0.15, -0.1) is 0 Å². The number of hydrogen-bond acceptors (Lipinski definition) is 3. The monoisotopic (exact) mass is 333 g/mol. The summed E-state index contributed by atoms with van der Waals surface area (Å²) in [7, 11) is 0. The zero-order valence-electron chi connectivity index (χ0n) is 14.2. The van der Waals surface area contributed by atoms with E-state index in [2.05, 4.69) is 5.32 Å². The SMILES string of the molecule is Cc1ccc2c(CC(=O)NC(C)c3cc4ccccc4o3)coc2c1. The van der Waals surface area contributed by atoms with Crippen LogP contribution in [0.2, 0.25) is 0 Å². The lowest BCUT2D eigenvalue weighted by Gasteiger charge is -2.11. The first-order chi connectivity index (χ1) is 12.1. The lowest BCUT2D eigenvalue weighted by atomic mass is 10.1. The molecular weight excluding hydrogens is 314 g/mol. The fourth-order valence-electron chi connectivity index (χ4n) is 3.08. The van der Waals surface area contributed by atoms with Gasteiger partial charge in [0, 0.05) is 16.3 Å². The number of carbonyl (C=O) groups is 1. The maximum Gasteiger partial charge on any atom is 0.225 e. The van der Waals surface area contributed by atoms with Crippen LogP contribution in [-0.2, 0) is 11.2 Å². The van der Waals surface area contributed by atoms with Gasteiger partial charge in [0.1, 0.15) is 16.9 Å². The molecule has 4 heteroatoms. The van der Waals surface area contributed by atoms with E-state index in [9.17, 15) is 4.79 Å². The van der Waals surface area contributed by atoms with Crippen molar-refractivity contribution in [2.45, 2.75) is 26.3 Å². The zero-order chi connectivity index (χ0) is 17.4. The highest BCUT2D eigenvalue weighted by Crippen LogP contribution is 2.25. The molecule has 0 bridgehead atoms. The summed E-state index contributed by atoms with van der Waals surface area (Å²) in [5.41, 5.74) is 3.67. The van der Waals surface area contributed by atoms with E-state index in [0.29, 0.717) is 0 Å². The van der Waals surface area contributed by atoms with Gasteiger partial charge in [-0.05, 0) is 37.6 Å². The third-order valence-corrected chi connectivity index (χ3v) is 4.41. The smallest absolute Gasteiger partial charge is 0.225 e. The van der Waals surface area contributed by atoms with E-state index in [1.165, 1.54) is 0 Å². The Labute approximate surface area is 145 Å². The quantitative estimate of drug-likeness (QED) is 0.577. The van der Waals surface area contributed by atoms with Crippen LogP contribution in [0.15, 0.2) is 63.6 Å². The fourth-order valence-corrected chi connectivity index (χ4v) is 3.08. The first-order valence-electron chi connectivity index (χ1n) is 8.35. The van der Waals surface area contributed by atoms with Gasteiger partial charge in [-0.25, -0.2) is 0 Å². The molecule has 0 fully saturated rings. The molecule has 1 unspecified atom stereocenters. The topological polar surface area (TPSA) is 55.4 Å². The number of para-hydroxylation sites is 1. The molecule has 126 valence electrons. The molecule has 4 aromatic rings. The Hall–Kier alpha value is -3.01. The molecule has 0 aliphatic heterocycles. The van der Waals surface area contributed by atoms with Gasteiger partial charge in [-0.3, -0.25) is 4.79 Å². The van der Waals surface area contributed by atoms with Crippen LogP contribution in [0.1, 0.15) is 29.9 Å². The molecular formula is C21H19NO3. The summed E-state index contributed by atoms with van der Waals surface area (Å²) in [6, 6.07) is 15.6. The van der Waals surface area contributed by atoms with Gasteiger partial charge >= 0.3 is 0 Å². The lowest BCUT2D eigenvalue weighted by Crippen LogP contribution is -2.27. The molecule has 0 aliphatic carbocycles. The van der Waals surface area contributed by atoms with Crippen molar-refractivity contribution in [1.29, 1.82) is 0 Å². The van der Waals surface area contributed by atoms with Gasteiger partial charge in [-0.1, -0.05) is 30.3 Å². The molecule has 4 nitrogen and oxygen atoms in total. The number of carbonyl (C=O) groups excluding carboxylic acids is 1. The average Bonchev–Trinajstić information content (AvgIpc) is 3.18. The molecule has 2 aromatic heterocycles. The van der Waals surface area contributed by atoms with Crippen molar-refractivity contribution in [1.82, 2.24) is 5.32 Å². The maximum atomic E-state index is 12.4. The number of hydrogen-bond donors (Lipinski definition) is 1. The minimum Gasteiger partial charge on any atom is -0.464 e. The van der Waals surface area contributed by atoms with Crippen LogP contribution in [0.5, 0.6) is 0 Å². The molecule has 2 aromatic carbocycles. The van der Waals surface area contributed by atoms with E-state index in [1.54, 1.807) is 6.26 Å². The van der Waals surface area contributed by atoms with Gasteiger partial charge in [0.05, 0.1) is 18.7 Å². The predicted molar refractivity (Wildman–Crippen MR) is 97.4 cm³/mol. The predicted octanol–water partition coefficient (Wildman–Crippen LogP) is 4.91. The molecule has 1 N–H and O–H groups in total. The molecule has 0 saturated heterocycles. The number of nitrogens with one attached hydrogen (secondary N) is 1. The molecule has 0 saturated carbocycles. The Morgan fingerprint density at radius 2 is 1.96 bits per heavy atom. The maximum absolute atomic E-state index is 12.4. The lowest BCUT2D eigenvalue weighted by molar-refractivity contribution is -0.121. The van der Waals surface area contributed by atoms with E-state index in [4.69, 9.17) is 8.83 Å². The second-order valence-electron chi connectivity index (χ2n) is 6.41. The van der Waals surface area contributed by atoms with E-state index >= 15 is 0 Å². The summed E-state index contributed by atoms with van der Waals surface area (Å²) in [6.07, 6.45) is 1.94. The molecule has 25 heavy (non-hydrogen) atoms. The standard InChI is InChI=1S/C21H19NO3/c1-13-7-8-17-16(12-24-20(17)9-13)11-21(23)22-14(2)19-10-15-5-3-4-6-18(15)25-19/h3-10,12,14H,11H2,1-2H3,(H,22,23). The Balaban J connectivity index is 1.49. The van der Waals surface area contributed by atoms with Gasteiger partial charge < -0.3 is 14.2 Å². The number of rotatable bonds is 4.